The summed E-state index contributed by atoms with van der Waals surface area (Å²) in [5, 5.41) is 3.34. The van der Waals surface area contributed by atoms with Gasteiger partial charge in [0.1, 0.15) is 0 Å². The molecule has 15 heavy (non-hydrogen) atoms. The van der Waals surface area contributed by atoms with Gasteiger partial charge in [0.25, 0.3) is 0 Å². The summed E-state index contributed by atoms with van der Waals surface area (Å²) in [5.74, 6) is 1.91. The molecular formula is C13H25NO. The summed E-state index contributed by atoms with van der Waals surface area (Å²) in [6.07, 6.45) is 10.3. The van der Waals surface area contributed by atoms with Gasteiger partial charge >= 0.3 is 0 Å². The highest BCUT2D eigenvalue weighted by Gasteiger charge is 2.27. The molecule has 0 radical (unpaired) electrons. The summed E-state index contributed by atoms with van der Waals surface area (Å²) in [6.45, 7) is 2.23. The normalized spacial score (nSPS) is 36.2. The van der Waals surface area contributed by atoms with Gasteiger partial charge in [-0.25, -0.2) is 0 Å². The maximum Gasteiger partial charge on any atom is 0.0576 e. The first kappa shape index (κ1) is 11.4. The highest BCUT2D eigenvalue weighted by atomic mass is 16.5. The molecule has 1 aliphatic heterocycles. The third-order valence-electron chi connectivity index (χ3n) is 4.17. The smallest absolute Gasteiger partial charge is 0.0576 e. The fraction of sp³-hybridized carbons (Fsp3) is 1.00. The average Bonchev–Trinajstić information content (AvgIpc) is 2.85. The van der Waals surface area contributed by atoms with E-state index in [1.165, 1.54) is 51.5 Å². The Balaban J connectivity index is 1.68. The van der Waals surface area contributed by atoms with Crippen molar-refractivity contribution in [1.82, 2.24) is 5.32 Å². The van der Waals surface area contributed by atoms with Gasteiger partial charge in [-0.05, 0) is 57.5 Å². The first-order chi connectivity index (χ1) is 7.40. The summed E-state index contributed by atoms with van der Waals surface area (Å²) in [5.41, 5.74) is 0. The molecule has 3 atom stereocenters. The minimum atomic E-state index is 0.598. The first-order valence-corrected chi connectivity index (χ1v) is 6.66. The third kappa shape index (κ3) is 3.18. The van der Waals surface area contributed by atoms with Crippen molar-refractivity contribution in [3.63, 3.8) is 0 Å². The summed E-state index contributed by atoms with van der Waals surface area (Å²) in [6, 6.07) is 0. The highest BCUT2D eigenvalue weighted by molar-refractivity contribution is 4.80. The van der Waals surface area contributed by atoms with Crippen LogP contribution >= 0.6 is 0 Å². The zero-order chi connectivity index (χ0) is 10.5. The second kappa shape index (κ2) is 5.86. The van der Waals surface area contributed by atoms with Gasteiger partial charge < -0.3 is 10.1 Å². The molecule has 1 heterocycles. The van der Waals surface area contributed by atoms with Gasteiger partial charge in [-0.3, -0.25) is 0 Å². The number of hydrogen-bond donors (Lipinski definition) is 1. The van der Waals surface area contributed by atoms with Crippen molar-refractivity contribution in [3.05, 3.63) is 0 Å². The molecular weight excluding hydrogens is 186 g/mol. The van der Waals surface area contributed by atoms with E-state index in [9.17, 15) is 0 Å². The second-order valence-corrected chi connectivity index (χ2v) is 5.22. The minimum Gasteiger partial charge on any atom is -0.378 e. The van der Waals surface area contributed by atoms with Crippen LogP contribution in [0, 0.1) is 11.8 Å². The van der Waals surface area contributed by atoms with E-state index in [-0.39, 0.29) is 0 Å². The van der Waals surface area contributed by atoms with E-state index in [1.54, 1.807) is 0 Å². The van der Waals surface area contributed by atoms with E-state index in [2.05, 4.69) is 12.4 Å². The van der Waals surface area contributed by atoms with Gasteiger partial charge in [-0.1, -0.05) is 12.8 Å². The lowest BCUT2D eigenvalue weighted by molar-refractivity contribution is 0.0959. The lowest BCUT2D eigenvalue weighted by Crippen LogP contribution is -2.22. The molecule has 1 saturated heterocycles. The van der Waals surface area contributed by atoms with E-state index in [0.717, 1.165) is 18.4 Å². The van der Waals surface area contributed by atoms with Crippen molar-refractivity contribution in [3.8, 4) is 0 Å². The molecule has 0 aromatic heterocycles. The molecule has 2 heteroatoms. The van der Waals surface area contributed by atoms with Crippen molar-refractivity contribution in [2.45, 2.75) is 51.0 Å². The molecule has 2 nitrogen and oxygen atoms in total. The molecule has 0 amide bonds. The Morgan fingerprint density at radius 2 is 1.93 bits per heavy atom. The second-order valence-electron chi connectivity index (χ2n) is 5.22. The Morgan fingerprint density at radius 1 is 1.07 bits per heavy atom. The van der Waals surface area contributed by atoms with Crippen LogP contribution in [0.1, 0.15) is 44.9 Å². The predicted octanol–water partition coefficient (Wildman–Crippen LogP) is 2.58. The number of ether oxygens (including phenoxy) is 1. The molecule has 0 aromatic rings. The molecule has 2 fully saturated rings. The summed E-state index contributed by atoms with van der Waals surface area (Å²) >= 11 is 0. The van der Waals surface area contributed by atoms with Crippen molar-refractivity contribution in [1.29, 1.82) is 0 Å². The minimum absolute atomic E-state index is 0.598. The van der Waals surface area contributed by atoms with Crippen LogP contribution < -0.4 is 5.32 Å². The van der Waals surface area contributed by atoms with Gasteiger partial charge in [0.2, 0.25) is 0 Å². The lowest BCUT2D eigenvalue weighted by atomic mass is 9.90. The standard InChI is InChI=1S/C13H25NO/c1-14-10-12-5-2-4-11(12)7-8-13-6-3-9-15-13/h11-14H,2-10H2,1H3. The van der Waals surface area contributed by atoms with Crippen LogP contribution in [-0.4, -0.2) is 26.3 Å². The number of nitrogens with one attached hydrogen (secondary N) is 1. The molecule has 1 N–H and O–H groups in total. The zero-order valence-electron chi connectivity index (χ0n) is 10.0. The van der Waals surface area contributed by atoms with E-state index in [0.29, 0.717) is 6.10 Å². The SMILES string of the molecule is CNCC1CCCC1CCC1CCCO1. The molecule has 1 aliphatic carbocycles. The van der Waals surface area contributed by atoms with Crippen LogP contribution in [0.3, 0.4) is 0 Å². The van der Waals surface area contributed by atoms with Crippen LogP contribution in [0.2, 0.25) is 0 Å². The Labute approximate surface area is 93.8 Å². The lowest BCUT2D eigenvalue weighted by Gasteiger charge is -2.20. The van der Waals surface area contributed by atoms with Gasteiger partial charge in [0, 0.05) is 6.61 Å². The molecule has 0 spiro atoms. The zero-order valence-corrected chi connectivity index (χ0v) is 10.0. The summed E-state index contributed by atoms with van der Waals surface area (Å²) < 4.78 is 5.69. The molecule has 3 unspecified atom stereocenters. The fourth-order valence-corrected chi connectivity index (χ4v) is 3.30. The largest absolute Gasteiger partial charge is 0.378 e. The molecule has 88 valence electrons. The van der Waals surface area contributed by atoms with Crippen LogP contribution in [0.15, 0.2) is 0 Å². The Hall–Kier alpha value is -0.0800. The van der Waals surface area contributed by atoms with Crippen molar-refractivity contribution in [2.75, 3.05) is 20.2 Å². The predicted molar refractivity (Wildman–Crippen MR) is 63.0 cm³/mol. The van der Waals surface area contributed by atoms with E-state index in [4.69, 9.17) is 4.74 Å². The van der Waals surface area contributed by atoms with Crippen LogP contribution in [0.5, 0.6) is 0 Å². The maximum absolute atomic E-state index is 5.69. The molecule has 0 aromatic carbocycles. The Morgan fingerprint density at radius 3 is 2.67 bits per heavy atom. The molecule has 1 saturated carbocycles. The molecule has 2 aliphatic rings. The highest BCUT2D eigenvalue weighted by Crippen LogP contribution is 2.35. The summed E-state index contributed by atoms with van der Waals surface area (Å²) in [7, 11) is 2.08. The van der Waals surface area contributed by atoms with Crippen molar-refractivity contribution < 1.29 is 4.74 Å². The van der Waals surface area contributed by atoms with E-state index < -0.39 is 0 Å². The number of hydrogen-bond acceptors (Lipinski definition) is 2. The fourth-order valence-electron chi connectivity index (χ4n) is 3.30. The van der Waals surface area contributed by atoms with Crippen molar-refractivity contribution >= 4 is 0 Å². The van der Waals surface area contributed by atoms with Gasteiger partial charge in [0.05, 0.1) is 6.10 Å². The van der Waals surface area contributed by atoms with Crippen molar-refractivity contribution in [2.24, 2.45) is 11.8 Å². The summed E-state index contributed by atoms with van der Waals surface area (Å²) in [4.78, 5) is 0. The molecule has 2 rings (SSSR count). The van der Waals surface area contributed by atoms with Gasteiger partial charge in [-0.2, -0.15) is 0 Å². The number of rotatable bonds is 5. The Kier molecular flexibility index (Phi) is 4.45. The first-order valence-electron chi connectivity index (χ1n) is 6.66. The van der Waals surface area contributed by atoms with Crippen LogP contribution in [0.4, 0.5) is 0 Å². The van der Waals surface area contributed by atoms with Crippen LogP contribution in [0.25, 0.3) is 0 Å². The van der Waals surface area contributed by atoms with E-state index in [1.807, 2.05) is 0 Å². The van der Waals surface area contributed by atoms with Gasteiger partial charge in [-0.15, -0.1) is 0 Å². The maximum atomic E-state index is 5.69. The van der Waals surface area contributed by atoms with E-state index >= 15 is 0 Å². The van der Waals surface area contributed by atoms with Crippen LogP contribution in [-0.2, 0) is 4.74 Å². The van der Waals surface area contributed by atoms with Gasteiger partial charge in [0.15, 0.2) is 0 Å². The molecule has 0 bridgehead atoms. The topological polar surface area (TPSA) is 21.3 Å². The Bertz CT molecular complexity index is 177. The third-order valence-corrected chi connectivity index (χ3v) is 4.17. The monoisotopic (exact) mass is 211 g/mol. The average molecular weight is 211 g/mol. The quantitative estimate of drug-likeness (QED) is 0.754.